The minimum atomic E-state index is -0.150. The maximum Gasteiger partial charge on any atom is 0.248 e. The Balaban J connectivity index is 1.64. The van der Waals surface area contributed by atoms with Gasteiger partial charge in [-0.1, -0.05) is 6.07 Å². The van der Waals surface area contributed by atoms with Crippen molar-refractivity contribution in [1.82, 2.24) is 20.1 Å². The van der Waals surface area contributed by atoms with Gasteiger partial charge in [-0.25, -0.2) is 15.0 Å². The molecule has 0 radical (unpaired) electrons. The van der Waals surface area contributed by atoms with E-state index in [1.54, 1.807) is 31.5 Å². The molecule has 7 nitrogen and oxygen atoms in total. The van der Waals surface area contributed by atoms with Crippen LogP contribution in [0.15, 0.2) is 45.5 Å². The minimum Gasteiger partial charge on any atom is -0.355 e. The quantitative estimate of drug-likeness (QED) is 0.488. The van der Waals surface area contributed by atoms with Gasteiger partial charge in [-0.2, -0.15) is 0 Å². The molecule has 1 aromatic heterocycles. The van der Waals surface area contributed by atoms with E-state index < -0.39 is 0 Å². The Morgan fingerprint density at radius 2 is 2.11 bits per heavy atom. The number of piperazine rings is 1. The van der Waals surface area contributed by atoms with Crippen molar-refractivity contribution in [3.05, 3.63) is 41.0 Å². The number of benzene rings is 1. The number of fused-ring (bicyclic) bond motifs is 1. The number of carbonyl (C=O) groups excluding carboxylic acids is 1. The third-order valence-corrected chi connectivity index (χ3v) is 5.89. The normalized spacial score (nSPS) is 17.6. The second kappa shape index (κ2) is 9.07. The molecule has 2 aromatic rings. The van der Waals surface area contributed by atoms with Gasteiger partial charge in [-0.15, -0.1) is 11.3 Å². The van der Waals surface area contributed by atoms with E-state index in [4.69, 9.17) is 0 Å². The Morgan fingerprint density at radius 1 is 1.36 bits per heavy atom. The molecule has 1 aromatic carbocycles. The zero-order chi connectivity index (χ0) is 20.1. The molecule has 1 fully saturated rings. The summed E-state index contributed by atoms with van der Waals surface area (Å²) in [7, 11) is 1.60. The molecule has 1 amide bonds. The number of carbonyl (C=O) groups is 1. The number of guanidine groups is 1. The monoisotopic (exact) mass is 398 g/mol. The number of hydrogen-bond donors (Lipinski definition) is 1. The van der Waals surface area contributed by atoms with E-state index in [2.05, 4.69) is 61.9 Å². The summed E-state index contributed by atoms with van der Waals surface area (Å²) in [4.78, 5) is 29.0. The lowest BCUT2D eigenvalue weighted by molar-refractivity contribution is -0.117. The molecule has 1 aliphatic heterocycles. The summed E-state index contributed by atoms with van der Waals surface area (Å²) in [5.74, 6) is 0.405. The molecular formula is C20H26N6OS. The zero-order valence-electron chi connectivity index (χ0n) is 16.6. The molecule has 8 heteroatoms. The number of likely N-dealkylation sites (N-methyl/N-ethyl adjacent to an activating group) is 1. The number of aliphatic imine (C=N–C) groups is 2. The lowest BCUT2D eigenvalue weighted by Gasteiger charge is -2.38. The zero-order valence-corrected chi connectivity index (χ0v) is 17.4. The molecule has 1 saturated heterocycles. The second-order valence-electron chi connectivity index (χ2n) is 6.76. The summed E-state index contributed by atoms with van der Waals surface area (Å²) >= 11 is 1.67. The molecule has 1 aliphatic rings. The van der Waals surface area contributed by atoms with E-state index >= 15 is 0 Å². The largest absolute Gasteiger partial charge is 0.355 e. The van der Waals surface area contributed by atoms with Gasteiger partial charge in [0, 0.05) is 51.0 Å². The third-order valence-electron chi connectivity index (χ3n) is 5.08. The fourth-order valence-corrected chi connectivity index (χ4v) is 3.95. The Hall–Kier alpha value is -2.58. The van der Waals surface area contributed by atoms with Crippen LogP contribution in [0.3, 0.4) is 0 Å². The van der Waals surface area contributed by atoms with Crippen LogP contribution in [0.1, 0.15) is 25.5 Å². The summed E-state index contributed by atoms with van der Waals surface area (Å²) in [5.41, 5.74) is 4.78. The van der Waals surface area contributed by atoms with Crippen LogP contribution in [0, 0.1) is 0 Å². The summed E-state index contributed by atoms with van der Waals surface area (Å²) in [6.45, 7) is 11.0. The molecule has 148 valence electrons. The number of thiazole rings is 1. The Bertz CT molecular complexity index is 910. The lowest BCUT2D eigenvalue weighted by atomic mass is 10.1. The van der Waals surface area contributed by atoms with Crippen molar-refractivity contribution in [2.24, 2.45) is 9.98 Å². The van der Waals surface area contributed by atoms with Gasteiger partial charge in [-0.3, -0.25) is 9.69 Å². The Morgan fingerprint density at radius 3 is 2.79 bits per heavy atom. The molecule has 1 atom stereocenters. The van der Waals surface area contributed by atoms with Crippen molar-refractivity contribution in [2.45, 2.75) is 19.9 Å². The van der Waals surface area contributed by atoms with Crippen LogP contribution in [0.2, 0.25) is 0 Å². The number of rotatable bonds is 4. The number of nitrogens with one attached hydrogen (secondary N) is 1. The Kier molecular flexibility index (Phi) is 6.53. The maximum absolute atomic E-state index is 11.6. The topological polar surface area (TPSA) is 73.2 Å². The van der Waals surface area contributed by atoms with Gasteiger partial charge in [0.1, 0.15) is 0 Å². The minimum absolute atomic E-state index is 0.150. The molecule has 0 saturated carbocycles. The highest BCUT2D eigenvalue weighted by atomic mass is 32.1. The van der Waals surface area contributed by atoms with Crippen LogP contribution >= 0.6 is 11.3 Å². The average Bonchev–Trinajstić information content (AvgIpc) is 3.21. The van der Waals surface area contributed by atoms with E-state index in [1.165, 1.54) is 10.3 Å². The predicted molar refractivity (Wildman–Crippen MR) is 116 cm³/mol. The number of aromatic nitrogens is 1. The molecule has 0 aliphatic carbocycles. The standard InChI is InChI=1S/C20H26N6OS/c1-14(19(27)21-3)12-23-20(22-4)26-9-7-25(8-10-26)15(2)16-5-6-18-17(11-16)24-13-28-18/h5-6,11-13,15H,4,7-10H2,1-3H3,(H,21,27)/b14-12+,23-20+. The summed E-state index contributed by atoms with van der Waals surface area (Å²) in [5, 5.41) is 2.58. The van der Waals surface area contributed by atoms with Gasteiger partial charge in [-0.05, 0) is 38.3 Å². The maximum atomic E-state index is 11.6. The van der Waals surface area contributed by atoms with Crippen LogP contribution in [-0.4, -0.2) is 66.6 Å². The van der Waals surface area contributed by atoms with E-state index in [1.807, 2.05) is 5.51 Å². The van der Waals surface area contributed by atoms with E-state index in [-0.39, 0.29) is 5.91 Å². The van der Waals surface area contributed by atoms with Gasteiger partial charge >= 0.3 is 0 Å². The van der Waals surface area contributed by atoms with E-state index in [9.17, 15) is 4.79 Å². The number of nitrogens with zero attached hydrogens (tertiary/aromatic N) is 5. The van der Waals surface area contributed by atoms with Crippen molar-refractivity contribution >= 4 is 40.1 Å². The van der Waals surface area contributed by atoms with Crippen molar-refractivity contribution in [1.29, 1.82) is 0 Å². The number of amides is 1. The highest BCUT2D eigenvalue weighted by Gasteiger charge is 2.23. The van der Waals surface area contributed by atoms with Crippen LogP contribution in [-0.2, 0) is 4.79 Å². The molecule has 0 spiro atoms. The lowest BCUT2D eigenvalue weighted by Crippen LogP contribution is -2.48. The summed E-state index contributed by atoms with van der Waals surface area (Å²) in [6.07, 6.45) is 1.54. The van der Waals surface area contributed by atoms with Gasteiger partial charge in [0.15, 0.2) is 0 Å². The van der Waals surface area contributed by atoms with Crippen molar-refractivity contribution < 1.29 is 4.79 Å². The van der Waals surface area contributed by atoms with E-state index in [0.29, 0.717) is 17.6 Å². The van der Waals surface area contributed by atoms with Crippen molar-refractivity contribution in [2.75, 3.05) is 33.2 Å². The first-order valence-corrected chi connectivity index (χ1v) is 10.2. The third kappa shape index (κ3) is 4.45. The first-order valence-electron chi connectivity index (χ1n) is 9.29. The van der Waals surface area contributed by atoms with Crippen LogP contribution in [0.4, 0.5) is 0 Å². The fraction of sp³-hybridized carbons (Fsp3) is 0.400. The Labute approximate surface area is 169 Å². The number of hydrogen-bond acceptors (Lipinski definition) is 5. The van der Waals surface area contributed by atoms with E-state index in [0.717, 1.165) is 31.7 Å². The molecule has 0 bridgehead atoms. The van der Waals surface area contributed by atoms with Crippen LogP contribution in [0.25, 0.3) is 10.2 Å². The fourth-order valence-electron chi connectivity index (χ4n) is 3.29. The van der Waals surface area contributed by atoms with Gasteiger partial charge in [0.2, 0.25) is 11.9 Å². The first kappa shape index (κ1) is 20.2. The molecule has 1 unspecified atom stereocenters. The molecule has 28 heavy (non-hydrogen) atoms. The van der Waals surface area contributed by atoms with Crippen LogP contribution < -0.4 is 5.32 Å². The molecule has 1 N–H and O–H groups in total. The smallest absolute Gasteiger partial charge is 0.248 e. The average molecular weight is 399 g/mol. The van der Waals surface area contributed by atoms with Gasteiger partial charge < -0.3 is 10.2 Å². The highest BCUT2D eigenvalue weighted by Crippen LogP contribution is 2.26. The second-order valence-corrected chi connectivity index (χ2v) is 7.64. The molecule has 2 heterocycles. The molecule has 3 rings (SSSR count). The summed E-state index contributed by atoms with van der Waals surface area (Å²) in [6, 6.07) is 6.86. The van der Waals surface area contributed by atoms with Gasteiger partial charge in [0.05, 0.1) is 15.7 Å². The van der Waals surface area contributed by atoms with Crippen LogP contribution in [0.5, 0.6) is 0 Å². The molecular weight excluding hydrogens is 372 g/mol. The SMILES string of the molecule is C=N/C(=N\C=C(/C)C(=O)NC)N1CCN(C(C)c2ccc3scnc3c2)CC1. The van der Waals surface area contributed by atoms with Gasteiger partial charge in [0.25, 0.3) is 0 Å². The highest BCUT2D eigenvalue weighted by molar-refractivity contribution is 7.16. The van der Waals surface area contributed by atoms with Crippen molar-refractivity contribution in [3.8, 4) is 0 Å². The van der Waals surface area contributed by atoms with Crippen molar-refractivity contribution in [3.63, 3.8) is 0 Å². The predicted octanol–water partition coefficient (Wildman–Crippen LogP) is 2.68. The first-order chi connectivity index (χ1) is 13.5. The summed E-state index contributed by atoms with van der Waals surface area (Å²) < 4.78 is 1.22.